The van der Waals surface area contributed by atoms with Crippen molar-refractivity contribution >= 4 is 5.69 Å². The highest BCUT2D eigenvalue weighted by Gasteiger charge is 2.15. The Hall–Kier alpha value is -1.81. The van der Waals surface area contributed by atoms with Crippen LogP contribution in [0.15, 0.2) is 36.9 Å². The first-order chi connectivity index (χ1) is 9.72. The van der Waals surface area contributed by atoms with Gasteiger partial charge in [0.2, 0.25) is 0 Å². The second kappa shape index (κ2) is 5.67. The maximum absolute atomic E-state index is 4.07. The highest BCUT2D eigenvalue weighted by Crippen LogP contribution is 2.27. The van der Waals surface area contributed by atoms with E-state index < -0.39 is 0 Å². The van der Waals surface area contributed by atoms with E-state index in [9.17, 15) is 0 Å². The third kappa shape index (κ3) is 2.85. The second-order valence-corrected chi connectivity index (χ2v) is 5.68. The molecule has 2 heterocycles. The summed E-state index contributed by atoms with van der Waals surface area (Å²) in [5, 5.41) is 3.58. The van der Waals surface area contributed by atoms with Gasteiger partial charge in [0.15, 0.2) is 0 Å². The fourth-order valence-electron chi connectivity index (χ4n) is 2.80. The predicted molar refractivity (Wildman–Crippen MR) is 81.9 cm³/mol. The van der Waals surface area contributed by atoms with Crippen LogP contribution in [0.3, 0.4) is 0 Å². The summed E-state index contributed by atoms with van der Waals surface area (Å²) in [6.07, 6.45) is 6.86. The molecule has 0 amide bonds. The van der Waals surface area contributed by atoms with Crippen LogP contribution in [0.25, 0.3) is 0 Å². The third-order valence-corrected chi connectivity index (χ3v) is 3.97. The summed E-state index contributed by atoms with van der Waals surface area (Å²) in [4.78, 5) is 6.40. The fourth-order valence-corrected chi connectivity index (χ4v) is 2.80. The molecule has 1 atom stereocenters. The topological polar surface area (TPSA) is 33.1 Å². The molecule has 0 aliphatic carbocycles. The number of nitrogens with one attached hydrogen (secondary N) is 1. The predicted octanol–water partition coefficient (Wildman–Crippen LogP) is 2.05. The molecule has 1 aliphatic rings. The minimum absolute atomic E-state index is 0.431. The molecule has 20 heavy (non-hydrogen) atoms. The van der Waals surface area contributed by atoms with Gasteiger partial charge < -0.3 is 14.8 Å². The number of aromatic nitrogens is 2. The van der Waals surface area contributed by atoms with Gasteiger partial charge in [-0.05, 0) is 30.5 Å². The first-order valence-corrected chi connectivity index (χ1v) is 7.24. The fraction of sp³-hybridized carbons (Fsp3) is 0.438. The van der Waals surface area contributed by atoms with Crippen molar-refractivity contribution in [2.75, 3.05) is 18.5 Å². The molecule has 0 radical (unpaired) electrons. The number of imidazole rings is 1. The lowest BCUT2D eigenvalue weighted by Gasteiger charge is -2.16. The Kier molecular flexibility index (Phi) is 3.74. The van der Waals surface area contributed by atoms with E-state index in [1.807, 2.05) is 18.7 Å². The molecule has 4 heteroatoms. The van der Waals surface area contributed by atoms with E-state index in [1.165, 1.54) is 23.2 Å². The van der Waals surface area contributed by atoms with Crippen molar-refractivity contribution in [3.05, 3.63) is 48.0 Å². The van der Waals surface area contributed by atoms with Gasteiger partial charge >= 0.3 is 0 Å². The van der Waals surface area contributed by atoms with E-state index >= 15 is 0 Å². The summed E-state index contributed by atoms with van der Waals surface area (Å²) >= 11 is 0. The molecule has 3 rings (SSSR count). The molecule has 1 unspecified atom stereocenters. The number of benzene rings is 1. The lowest BCUT2D eigenvalue weighted by molar-refractivity contribution is 0.476. The van der Waals surface area contributed by atoms with E-state index in [0.717, 1.165) is 19.6 Å². The summed E-state index contributed by atoms with van der Waals surface area (Å²) in [6, 6.07) is 7.26. The highest BCUT2D eigenvalue weighted by atomic mass is 15.1. The van der Waals surface area contributed by atoms with Gasteiger partial charge in [-0.3, -0.25) is 0 Å². The largest absolute Gasteiger partial charge is 0.374 e. The number of hydrogen-bond donors (Lipinski definition) is 1. The van der Waals surface area contributed by atoms with Gasteiger partial charge in [0.1, 0.15) is 0 Å². The number of anilines is 1. The zero-order chi connectivity index (χ0) is 13.9. The molecule has 1 aromatic carbocycles. The van der Waals surface area contributed by atoms with Crippen molar-refractivity contribution in [3.63, 3.8) is 0 Å². The summed E-state index contributed by atoms with van der Waals surface area (Å²) in [6.45, 7) is 5.23. The maximum atomic E-state index is 4.07. The summed E-state index contributed by atoms with van der Waals surface area (Å²) < 4.78 is 2.11. The van der Waals surface area contributed by atoms with Crippen LogP contribution < -0.4 is 10.2 Å². The molecule has 0 saturated heterocycles. The van der Waals surface area contributed by atoms with Crippen LogP contribution in [0, 0.1) is 0 Å². The molecular weight excluding hydrogens is 248 g/mol. The molecule has 1 N–H and O–H groups in total. The van der Waals surface area contributed by atoms with E-state index in [0.29, 0.717) is 6.04 Å². The van der Waals surface area contributed by atoms with Crippen molar-refractivity contribution in [1.82, 2.24) is 14.9 Å². The second-order valence-electron chi connectivity index (χ2n) is 5.68. The van der Waals surface area contributed by atoms with Crippen molar-refractivity contribution < 1.29 is 0 Å². The zero-order valence-electron chi connectivity index (χ0n) is 12.2. The van der Waals surface area contributed by atoms with Gasteiger partial charge in [-0.25, -0.2) is 4.98 Å². The molecular formula is C16H22N4. The molecule has 106 valence electrons. The van der Waals surface area contributed by atoms with Crippen LogP contribution in [0.5, 0.6) is 0 Å². The quantitative estimate of drug-likeness (QED) is 0.902. The average Bonchev–Trinajstić information content (AvgIpc) is 3.07. The monoisotopic (exact) mass is 270 g/mol. The van der Waals surface area contributed by atoms with Crippen LogP contribution in [-0.4, -0.2) is 29.2 Å². The van der Waals surface area contributed by atoms with Gasteiger partial charge in [-0.1, -0.05) is 12.1 Å². The van der Waals surface area contributed by atoms with Gasteiger partial charge in [-0.2, -0.15) is 0 Å². The first kappa shape index (κ1) is 13.2. The lowest BCUT2D eigenvalue weighted by Crippen LogP contribution is -2.29. The Morgan fingerprint density at radius 2 is 2.30 bits per heavy atom. The van der Waals surface area contributed by atoms with Gasteiger partial charge in [-0.15, -0.1) is 0 Å². The Labute approximate surface area is 120 Å². The minimum atomic E-state index is 0.431. The SMILES string of the molecule is CC(Cn1ccnc1)NCc1ccc2c(c1)CCN2C. The van der Waals surface area contributed by atoms with Crippen molar-refractivity contribution in [2.45, 2.75) is 32.5 Å². The van der Waals surface area contributed by atoms with E-state index in [2.05, 4.69) is 51.9 Å². The Balaban J connectivity index is 1.56. The average molecular weight is 270 g/mol. The number of likely N-dealkylation sites (N-methyl/N-ethyl adjacent to an activating group) is 1. The molecule has 1 aliphatic heterocycles. The van der Waals surface area contributed by atoms with E-state index in [1.54, 1.807) is 0 Å². The van der Waals surface area contributed by atoms with Crippen LogP contribution >= 0.6 is 0 Å². The van der Waals surface area contributed by atoms with E-state index in [-0.39, 0.29) is 0 Å². The molecule has 0 fully saturated rings. The molecule has 0 spiro atoms. The van der Waals surface area contributed by atoms with Crippen molar-refractivity contribution in [3.8, 4) is 0 Å². The zero-order valence-corrected chi connectivity index (χ0v) is 12.2. The van der Waals surface area contributed by atoms with E-state index in [4.69, 9.17) is 0 Å². The normalized spacial score (nSPS) is 15.4. The molecule has 0 bridgehead atoms. The molecule has 0 saturated carbocycles. The Bertz CT molecular complexity index is 562. The Morgan fingerprint density at radius 1 is 1.40 bits per heavy atom. The maximum Gasteiger partial charge on any atom is 0.0946 e. The highest BCUT2D eigenvalue weighted by molar-refractivity contribution is 5.58. The standard InChI is InChI=1S/C16H22N4/c1-13(11-20-8-6-17-12-20)18-10-14-3-4-16-15(9-14)5-7-19(16)2/h3-4,6,8-9,12-13,18H,5,7,10-11H2,1-2H3. The molecule has 4 nitrogen and oxygen atoms in total. The number of hydrogen-bond acceptors (Lipinski definition) is 3. The molecule has 2 aromatic rings. The van der Waals surface area contributed by atoms with Gasteiger partial charge in [0, 0.05) is 50.8 Å². The first-order valence-electron chi connectivity index (χ1n) is 7.24. The lowest BCUT2D eigenvalue weighted by atomic mass is 10.1. The van der Waals surface area contributed by atoms with Crippen LogP contribution in [0.1, 0.15) is 18.1 Å². The number of rotatable bonds is 5. The number of nitrogens with zero attached hydrogens (tertiary/aromatic N) is 3. The summed E-state index contributed by atoms with van der Waals surface area (Å²) in [5.41, 5.74) is 4.24. The summed E-state index contributed by atoms with van der Waals surface area (Å²) in [7, 11) is 2.16. The minimum Gasteiger partial charge on any atom is -0.374 e. The van der Waals surface area contributed by atoms with Crippen LogP contribution in [-0.2, 0) is 19.5 Å². The smallest absolute Gasteiger partial charge is 0.0946 e. The van der Waals surface area contributed by atoms with Crippen molar-refractivity contribution in [1.29, 1.82) is 0 Å². The third-order valence-electron chi connectivity index (χ3n) is 3.97. The van der Waals surface area contributed by atoms with Gasteiger partial charge in [0.05, 0.1) is 6.33 Å². The van der Waals surface area contributed by atoms with Gasteiger partial charge in [0.25, 0.3) is 0 Å². The van der Waals surface area contributed by atoms with Crippen molar-refractivity contribution in [2.24, 2.45) is 0 Å². The molecule has 1 aromatic heterocycles. The summed E-state index contributed by atoms with van der Waals surface area (Å²) in [5.74, 6) is 0. The van der Waals surface area contributed by atoms with Crippen LogP contribution in [0.4, 0.5) is 5.69 Å². The number of fused-ring (bicyclic) bond motifs is 1. The Morgan fingerprint density at radius 3 is 3.10 bits per heavy atom. The van der Waals surface area contributed by atoms with Crippen LogP contribution in [0.2, 0.25) is 0 Å².